The second-order valence-corrected chi connectivity index (χ2v) is 6.38. The average Bonchev–Trinajstić information content (AvgIpc) is 2.97. The van der Waals surface area contributed by atoms with Gasteiger partial charge in [-0.05, 0) is 38.5 Å². The molecule has 0 aliphatic rings. The SMILES string of the molecule is CCc1c(C)nc(-n2nc(C)cc2NC(=O)c2ccc(F)c(Cl)c2)[nH]c1=O. The van der Waals surface area contributed by atoms with E-state index in [0.29, 0.717) is 29.2 Å². The van der Waals surface area contributed by atoms with Crippen LogP contribution in [0, 0.1) is 19.7 Å². The van der Waals surface area contributed by atoms with Crippen molar-refractivity contribution in [2.24, 2.45) is 0 Å². The third-order valence-electron chi connectivity index (χ3n) is 4.02. The second kappa shape index (κ2) is 7.32. The molecule has 9 heteroatoms. The number of halogens is 2. The number of hydrogen-bond acceptors (Lipinski definition) is 4. The highest BCUT2D eigenvalue weighted by Gasteiger charge is 2.16. The molecule has 0 spiro atoms. The van der Waals surface area contributed by atoms with Crippen molar-refractivity contribution < 1.29 is 9.18 Å². The Morgan fingerprint density at radius 1 is 1.33 bits per heavy atom. The molecule has 27 heavy (non-hydrogen) atoms. The number of hydrogen-bond donors (Lipinski definition) is 2. The Morgan fingerprint density at radius 3 is 2.70 bits per heavy atom. The van der Waals surface area contributed by atoms with Crippen molar-refractivity contribution in [1.29, 1.82) is 0 Å². The maximum atomic E-state index is 13.3. The minimum Gasteiger partial charge on any atom is -0.306 e. The maximum Gasteiger partial charge on any atom is 0.256 e. The fraction of sp³-hybridized carbons (Fsp3) is 0.222. The fourth-order valence-corrected chi connectivity index (χ4v) is 2.87. The molecule has 1 amide bonds. The molecule has 0 bridgehead atoms. The molecule has 2 aromatic heterocycles. The average molecular weight is 390 g/mol. The van der Waals surface area contributed by atoms with Gasteiger partial charge in [-0.3, -0.25) is 14.6 Å². The highest BCUT2D eigenvalue weighted by atomic mass is 35.5. The van der Waals surface area contributed by atoms with E-state index >= 15 is 0 Å². The molecular formula is C18H17ClFN5O2. The van der Waals surface area contributed by atoms with E-state index in [0.717, 1.165) is 6.07 Å². The minimum absolute atomic E-state index is 0.149. The van der Waals surface area contributed by atoms with Crippen LogP contribution in [0.1, 0.15) is 34.2 Å². The number of benzene rings is 1. The summed E-state index contributed by atoms with van der Waals surface area (Å²) in [6.45, 7) is 5.36. The molecule has 0 aliphatic carbocycles. The zero-order valence-corrected chi connectivity index (χ0v) is 15.7. The van der Waals surface area contributed by atoms with Crippen LogP contribution in [0.25, 0.3) is 5.95 Å². The number of anilines is 1. The Morgan fingerprint density at radius 2 is 2.07 bits per heavy atom. The summed E-state index contributed by atoms with van der Waals surface area (Å²) in [6, 6.07) is 5.31. The van der Waals surface area contributed by atoms with Crippen molar-refractivity contribution in [3.05, 3.63) is 68.0 Å². The predicted octanol–water partition coefficient (Wildman–Crippen LogP) is 3.18. The number of amides is 1. The van der Waals surface area contributed by atoms with Crippen molar-refractivity contribution in [1.82, 2.24) is 19.7 Å². The lowest BCUT2D eigenvalue weighted by molar-refractivity contribution is 0.102. The molecule has 140 valence electrons. The van der Waals surface area contributed by atoms with E-state index in [2.05, 4.69) is 20.4 Å². The van der Waals surface area contributed by atoms with Crippen molar-refractivity contribution in [2.75, 3.05) is 5.32 Å². The zero-order valence-electron chi connectivity index (χ0n) is 14.9. The summed E-state index contributed by atoms with van der Waals surface area (Å²) in [5.41, 5.74) is 1.73. The summed E-state index contributed by atoms with van der Waals surface area (Å²) >= 11 is 5.73. The van der Waals surface area contributed by atoms with E-state index in [1.807, 2.05) is 6.92 Å². The van der Waals surface area contributed by atoms with Crippen molar-refractivity contribution in [2.45, 2.75) is 27.2 Å². The molecule has 0 unspecified atom stereocenters. The number of aryl methyl sites for hydroxylation is 2. The first-order valence-electron chi connectivity index (χ1n) is 8.23. The van der Waals surface area contributed by atoms with Crippen LogP contribution in [0.5, 0.6) is 0 Å². The van der Waals surface area contributed by atoms with Crippen molar-refractivity contribution >= 4 is 23.3 Å². The summed E-state index contributed by atoms with van der Waals surface area (Å²) in [7, 11) is 0. The van der Waals surface area contributed by atoms with E-state index in [1.165, 1.54) is 16.8 Å². The number of carbonyl (C=O) groups excluding carboxylic acids is 1. The summed E-state index contributed by atoms with van der Waals surface area (Å²) in [6.07, 6.45) is 0.557. The van der Waals surface area contributed by atoms with Gasteiger partial charge in [0.1, 0.15) is 11.6 Å². The lowest BCUT2D eigenvalue weighted by atomic mass is 10.2. The Labute approximate surface area is 159 Å². The van der Waals surface area contributed by atoms with Crippen LogP contribution in [0.4, 0.5) is 10.2 Å². The Kier molecular flexibility index (Phi) is 5.09. The number of nitrogens with zero attached hydrogens (tertiary/aromatic N) is 3. The topological polar surface area (TPSA) is 92.7 Å². The standard InChI is InChI=1S/C18H17ClFN5O2/c1-4-12-10(3)21-18(23-17(12)27)25-15(7-9(2)24-25)22-16(26)11-5-6-14(20)13(19)8-11/h5-8H,4H2,1-3H3,(H,22,26)(H,21,23,27). The van der Waals surface area contributed by atoms with Crippen LogP contribution >= 0.6 is 11.6 Å². The smallest absolute Gasteiger partial charge is 0.256 e. The molecule has 0 radical (unpaired) electrons. The second-order valence-electron chi connectivity index (χ2n) is 5.97. The molecule has 2 heterocycles. The minimum atomic E-state index is -0.609. The van der Waals surface area contributed by atoms with Gasteiger partial charge < -0.3 is 5.32 Å². The first-order chi connectivity index (χ1) is 12.8. The molecule has 3 aromatic rings. The van der Waals surface area contributed by atoms with E-state index in [9.17, 15) is 14.0 Å². The van der Waals surface area contributed by atoms with Gasteiger partial charge in [0, 0.05) is 22.9 Å². The van der Waals surface area contributed by atoms with Gasteiger partial charge >= 0.3 is 0 Å². The van der Waals surface area contributed by atoms with E-state index in [-0.39, 0.29) is 22.1 Å². The van der Waals surface area contributed by atoms with Gasteiger partial charge in [-0.15, -0.1) is 0 Å². The Balaban J connectivity index is 1.98. The molecule has 0 fully saturated rings. The molecule has 0 aliphatic heterocycles. The van der Waals surface area contributed by atoms with Gasteiger partial charge in [0.2, 0.25) is 5.95 Å². The third-order valence-corrected chi connectivity index (χ3v) is 4.31. The first-order valence-corrected chi connectivity index (χ1v) is 8.61. The molecule has 0 atom stereocenters. The molecule has 3 rings (SSSR count). The van der Waals surface area contributed by atoms with Gasteiger partial charge in [-0.25, -0.2) is 9.37 Å². The van der Waals surface area contributed by atoms with Crippen LogP contribution in [-0.2, 0) is 6.42 Å². The maximum absolute atomic E-state index is 13.3. The first kappa shape index (κ1) is 18.8. The molecule has 1 aromatic carbocycles. The van der Waals surface area contributed by atoms with E-state index in [4.69, 9.17) is 11.6 Å². The van der Waals surface area contributed by atoms with Crippen molar-refractivity contribution in [3.8, 4) is 5.95 Å². The molecule has 0 saturated carbocycles. The monoisotopic (exact) mass is 389 g/mol. The van der Waals surface area contributed by atoms with Gasteiger partial charge in [0.25, 0.3) is 11.5 Å². The van der Waals surface area contributed by atoms with Gasteiger partial charge in [-0.1, -0.05) is 18.5 Å². The van der Waals surface area contributed by atoms with Crippen molar-refractivity contribution in [3.63, 3.8) is 0 Å². The van der Waals surface area contributed by atoms with Crippen LogP contribution < -0.4 is 10.9 Å². The van der Waals surface area contributed by atoms with Gasteiger partial charge in [0.05, 0.1) is 10.7 Å². The largest absolute Gasteiger partial charge is 0.306 e. The van der Waals surface area contributed by atoms with E-state index in [1.54, 1.807) is 19.9 Å². The van der Waals surface area contributed by atoms with Crippen LogP contribution in [0.15, 0.2) is 29.1 Å². The summed E-state index contributed by atoms with van der Waals surface area (Å²) in [5, 5.41) is 6.81. The molecule has 0 saturated heterocycles. The number of carbonyl (C=O) groups is 1. The zero-order chi connectivity index (χ0) is 19.7. The van der Waals surface area contributed by atoms with Crippen LogP contribution in [-0.4, -0.2) is 25.7 Å². The highest BCUT2D eigenvalue weighted by Crippen LogP contribution is 2.19. The normalized spacial score (nSPS) is 10.9. The quantitative estimate of drug-likeness (QED) is 0.716. The summed E-state index contributed by atoms with van der Waals surface area (Å²) < 4.78 is 14.6. The third kappa shape index (κ3) is 3.75. The molecule has 2 N–H and O–H groups in total. The van der Waals surface area contributed by atoms with Gasteiger partial charge in [0.15, 0.2) is 0 Å². The van der Waals surface area contributed by atoms with Crippen LogP contribution in [0.3, 0.4) is 0 Å². The number of rotatable bonds is 4. The lowest BCUT2D eigenvalue weighted by Crippen LogP contribution is -2.22. The number of nitrogens with one attached hydrogen (secondary N) is 2. The highest BCUT2D eigenvalue weighted by molar-refractivity contribution is 6.31. The number of aromatic nitrogens is 4. The Hall–Kier alpha value is -3.00. The van der Waals surface area contributed by atoms with Gasteiger partial charge in [-0.2, -0.15) is 9.78 Å². The Bertz CT molecular complexity index is 1090. The number of H-pyrrole nitrogens is 1. The molecule has 7 nitrogen and oxygen atoms in total. The van der Waals surface area contributed by atoms with E-state index < -0.39 is 11.7 Å². The summed E-state index contributed by atoms with van der Waals surface area (Å²) in [4.78, 5) is 31.8. The lowest BCUT2D eigenvalue weighted by Gasteiger charge is -2.10. The summed E-state index contributed by atoms with van der Waals surface area (Å²) in [5.74, 6) is -0.607. The van der Waals surface area contributed by atoms with Crippen LogP contribution in [0.2, 0.25) is 5.02 Å². The fourth-order valence-electron chi connectivity index (χ4n) is 2.69. The predicted molar refractivity (Wildman–Crippen MR) is 100 cm³/mol. The number of aromatic amines is 1. The molecular weight excluding hydrogens is 373 g/mol.